The van der Waals surface area contributed by atoms with Gasteiger partial charge in [0.15, 0.2) is 43.7 Å². The van der Waals surface area contributed by atoms with Crippen molar-refractivity contribution in [1.29, 1.82) is 0 Å². The van der Waals surface area contributed by atoms with Gasteiger partial charge in [-0.25, -0.2) is 63.7 Å². The quantitative estimate of drug-likeness (QED) is 0.0167. The van der Waals surface area contributed by atoms with Gasteiger partial charge in [0, 0.05) is 80.4 Å². The molecule has 54 nitrogen and oxygen atoms in total. The molecule has 7 rings (SSSR count). The van der Waals surface area contributed by atoms with Gasteiger partial charge in [0.1, 0.15) is 110 Å². The van der Waals surface area contributed by atoms with E-state index in [9.17, 15) is 120 Å². The Bertz CT molecular complexity index is 4090. The average Bonchev–Trinajstić information content (AvgIpc) is 1.00. The molecule has 0 radical (unpaired) electrons. The molecule has 0 aliphatic carbocycles. The Hall–Kier alpha value is 5.44. The number of fused-ring (bicyclic) bond motifs is 1. The first-order valence-electron chi connectivity index (χ1n) is 33.5. The van der Waals surface area contributed by atoms with Crippen LogP contribution in [0.15, 0.2) is 0 Å². The van der Waals surface area contributed by atoms with Gasteiger partial charge >= 0.3 is 272 Å². The topological polar surface area (TPSA) is 772 Å². The first-order valence-corrected chi connectivity index (χ1v) is 43.9. The van der Waals surface area contributed by atoms with Crippen molar-refractivity contribution >= 4 is 108 Å². The second-order valence-electron chi connectivity index (χ2n) is 25.4. The van der Waals surface area contributed by atoms with Crippen LogP contribution in [0.5, 0.6) is 0 Å². The van der Waals surface area contributed by atoms with E-state index in [2.05, 4.69) is 45.2 Å². The Morgan fingerprint density at radius 3 is 1.11 bits per heavy atom. The maximum atomic E-state index is 13.9. The summed E-state index contributed by atoms with van der Waals surface area (Å²) in [7, 11) is -37.4. The molecule has 71 heteroatoms. The van der Waals surface area contributed by atoms with E-state index < -0.39 is 264 Å². The molecule has 0 bridgehead atoms. The molecule has 0 aromatic rings. The molecular formula is C53H80N3Na9O51S8. The molecule has 124 heavy (non-hydrogen) atoms. The summed E-state index contributed by atoms with van der Waals surface area (Å²) in [4.78, 5) is 52.4. The van der Waals surface area contributed by atoms with Crippen molar-refractivity contribution in [2.24, 2.45) is 0 Å². The molecule has 0 aromatic heterocycles. The van der Waals surface area contributed by atoms with Gasteiger partial charge in [0.25, 0.3) is 0 Å². The van der Waals surface area contributed by atoms with Gasteiger partial charge in [-0.15, -0.1) is 0 Å². The first kappa shape index (κ1) is 134. The first-order chi connectivity index (χ1) is 53.5. The Balaban J connectivity index is -0.0000163. The molecule has 7 fully saturated rings. The molecule has 28 atom stereocenters. The number of aliphatic carboxylic acids is 2. The molecule has 7 aliphatic heterocycles. The third-order valence-electron chi connectivity index (χ3n) is 18.1. The van der Waals surface area contributed by atoms with E-state index in [-0.39, 0.29) is 297 Å². The van der Waals surface area contributed by atoms with Gasteiger partial charge in [0.05, 0.1) is 43.8 Å². The van der Waals surface area contributed by atoms with Crippen LogP contribution in [0, 0.1) is 0 Å². The zero-order valence-electron chi connectivity index (χ0n) is 69.7. The molecule has 0 saturated carbocycles. The fourth-order valence-corrected chi connectivity index (χ4v) is 17.9. The molecule has 7 heterocycles. The predicted octanol–water partition coefficient (Wildman–Crippen LogP) is -38.0. The molecular weight excluding hydrogens is 1960 g/mol. The number of amides is 3. The number of carbonyl (C=O) groups excluding carboxylic acids is 4. The summed E-state index contributed by atoms with van der Waals surface area (Å²) in [6.07, 6.45) is -57.5. The number of rotatable bonds is 47. The number of hydrogen-bond donors (Lipinski definition) is 3. The number of hydrogen-bond acceptors (Lipinski definition) is 52. The maximum absolute atomic E-state index is 13.9. The van der Waals surface area contributed by atoms with Gasteiger partial charge < -0.3 is 148 Å². The van der Waals surface area contributed by atoms with E-state index in [0.717, 1.165) is 59.9 Å². The fourth-order valence-electron chi connectivity index (χ4n) is 13.5. The van der Waals surface area contributed by atoms with E-state index in [1.165, 1.54) is 0 Å². The monoisotopic (exact) mass is 2040 g/mol. The zero-order chi connectivity index (χ0) is 85.7. The smallest absolute Gasteiger partial charge is 0.726 e. The fraction of sp³-hybridized carbons (Fsp3) is 0.925. The van der Waals surface area contributed by atoms with E-state index in [4.69, 9.17) is 80.5 Å². The molecule has 7 saturated heterocycles. The standard InChI is InChI=1S/C53H89N3O51S8.9Na/c1-84-30-23(18-92-109(63,64)65)95-48(29(33(30)85-2)55-27(57)15-11-9-13-17-91-16-12-8-10-14-26-28-22(21-108-26)54-53(62)56-28)100-36-34(86-3)42(88-5)50(102-40(36)46(58)59)99-32-25(20-94-111(69,70)71)97-52(45(107-115(81,82)83)39(32)105-113(75,76)77)101-37-35(87-4)43(89-6)51(103-41(37)47(60)61)98-31-24(19-93-110(66,67)68)96-49(90-7)44(106-114(78,79)80)38(31)104-112(72,73)74;;;;;;;;;/h22-26,28-45,48-52H,8-21H2,1-7H3,(H,55,57)(H,58,59)(H,60,61)(H2,54,56,62)(H,63,64,65)(H,66,67,68)(H,69,70,71)(H,72,73,74)(H,75,76,77)(H,78,79,80)(H,81,82,83);;;;;;;;;/q;9*+1/p-9/t22-,23+,24+,25+,26-,28-,29+,30+,31+,32+,33+,34-,35-,36-,37-,38-,39-,40-,41+,42+,43+,44+,45+,48+,49-,50+,51+,52+;;;;;;;;;/m0........./s1. The van der Waals surface area contributed by atoms with Gasteiger partial charge in [-0.2, -0.15) is 11.8 Å². The van der Waals surface area contributed by atoms with E-state index in [1.54, 1.807) is 11.8 Å². The third-order valence-corrected chi connectivity index (χ3v) is 22.7. The summed E-state index contributed by atoms with van der Waals surface area (Å²) >= 11 is 1.80. The van der Waals surface area contributed by atoms with Crippen molar-refractivity contribution in [3.05, 3.63) is 0 Å². The van der Waals surface area contributed by atoms with Crippen LogP contribution in [0.3, 0.4) is 0 Å². The molecule has 3 N–H and O–H groups in total. The predicted molar refractivity (Wildman–Crippen MR) is 345 cm³/mol. The Labute approximate surface area is 917 Å². The molecule has 0 spiro atoms. The second-order valence-corrected chi connectivity index (χ2v) is 33.9. The van der Waals surface area contributed by atoms with Crippen molar-refractivity contribution in [1.82, 2.24) is 16.0 Å². The van der Waals surface area contributed by atoms with E-state index in [0.29, 0.717) is 52.6 Å². The van der Waals surface area contributed by atoms with Crippen LogP contribution < -0.4 is 292 Å². The third kappa shape index (κ3) is 41.9. The summed E-state index contributed by atoms with van der Waals surface area (Å²) in [6.45, 7) is -4.05. The molecule has 7 aliphatic rings. The van der Waals surface area contributed by atoms with Crippen molar-refractivity contribution in [3.63, 3.8) is 0 Å². The van der Waals surface area contributed by atoms with Gasteiger partial charge in [-0.3, -0.25) is 34.1 Å². The van der Waals surface area contributed by atoms with Crippen LogP contribution >= 0.6 is 11.8 Å². The van der Waals surface area contributed by atoms with Crippen LogP contribution in [-0.2, 0) is 197 Å². The van der Waals surface area contributed by atoms with Gasteiger partial charge in [0.2, 0.25) is 78.7 Å². The molecule has 670 valence electrons. The van der Waals surface area contributed by atoms with Crippen molar-refractivity contribution < 1.29 is 496 Å². The Morgan fingerprint density at radius 2 is 0.734 bits per heavy atom. The van der Waals surface area contributed by atoms with Gasteiger partial charge in [-0.1, -0.05) is 19.3 Å². The number of thioether (sulfide) groups is 1. The number of ether oxygens (including phenoxy) is 17. The number of carboxylic acids is 2. The van der Waals surface area contributed by atoms with Crippen molar-refractivity contribution in [2.45, 2.75) is 222 Å². The van der Waals surface area contributed by atoms with Crippen molar-refractivity contribution in [2.75, 3.05) is 88.6 Å². The van der Waals surface area contributed by atoms with Crippen LogP contribution in [0.1, 0.15) is 51.4 Å². The average molecular weight is 2040 g/mol. The Morgan fingerprint density at radius 1 is 0.387 bits per heavy atom. The van der Waals surface area contributed by atoms with Crippen LogP contribution in [0.2, 0.25) is 0 Å². The minimum absolute atomic E-state index is 0. The van der Waals surface area contributed by atoms with Gasteiger partial charge in [-0.05, 0) is 25.7 Å². The largest absolute Gasteiger partial charge is 1.00 e. The summed E-state index contributed by atoms with van der Waals surface area (Å²) in [5, 5.41) is 35.6. The number of unbranched alkanes of at least 4 members (excludes halogenated alkanes) is 4. The van der Waals surface area contributed by atoms with Crippen molar-refractivity contribution in [3.8, 4) is 0 Å². The SMILES string of the molecule is CO[C@H]1O[C@H](COS(=O)(=O)[O-])[C@@H](O[C@@H]2O[C@@H](C(=O)[O-])[C@@H](O[C@H]3O[C@H](COS(=O)(=O)[O-])[C@@H](O[C@@H]4O[C@H](C(=O)[O-])[C@@H](O[C@H]5O[C@H](COS(=O)(=O)[O-])[C@@H](OC)[C@H](OC)[C@H]5NC(=O)CCCCCOCCCCC[C@@H]5SC[C@@H]6NC(=O)N[C@@H]65)[C@H](OC)[C@H]4OC)[C@H](OS(=O)(=O)[O-])[C@H]3OS(=O)(=O)[O-])[C@H](OC)[C@H]2OC)[C@H](OS(=O)(=O)[O-])[C@H]1OS(=O)(=O)[O-].[Na+].[Na+].[Na+].[Na+].[Na+].[Na+].[Na+].[Na+].[Na+]. The number of methoxy groups -OCH3 is 7. The number of nitrogens with one attached hydrogen (secondary N) is 3. The summed E-state index contributed by atoms with van der Waals surface area (Å²) in [5.74, 6) is -4.89. The van der Waals surface area contributed by atoms with E-state index >= 15 is 0 Å². The van der Waals surface area contributed by atoms with Crippen LogP contribution in [-0.4, -0.2) is 374 Å². The summed E-state index contributed by atoms with van der Waals surface area (Å²) in [6, 6.07) is -1.68. The molecule has 0 unspecified atom stereocenters. The maximum Gasteiger partial charge on any atom is 1.00 e. The number of carbonyl (C=O) groups is 4. The normalized spacial score (nSPS) is 33.3. The minimum Gasteiger partial charge on any atom is -0.726 e. The number of urea groups is 1. The Kier molecular flexibility index (Phi) is 65.3. The summed E-state index contributed by atoms with van der Waals surface area (Å²) in [5.41, 5.74) is 0. The second kappa shape index (κ2) is 60.7. The minimum atomic E-state index is -6.57. The van der Waals surface area contributed by atoms with Crippen LogP contribution in [0.4, 0.5) is 4.79 Å². The van der Waals surface area contributed by atoms with E-state index in [1.807, 2.05) is 0 Å². The zero-order valence-corrected chi connectivity index (χ0v) is 94.2. The summed E-state index contributed by atoms with van der Waals surface area (Å²) < 4.78 is 383. The number of carboxylic acid groups (broad SMARTS) is 2. The van der Waals surface area contributed by atoms with Crippen LogP contribution in [0.25, 0.3) is 0 Å². The molecule has 0 aromatic carbocycles. The molecule has 3 amide bonds.